The number of allylic oxidation sites excluding steroid dienone is 1. The molecule has 6 nitrogen and oxygen atoms in total. The third-order valence-electron chi connectivity index (χ3n) is 3.36. The van der Waals surface area contributed by atoms with Crippen molar-refractivity contribution in [3.8, 4) is 17.2 Å². The number of hydrogen-bond donors (Lipinski definition) is 2. The quantitative estimate of drug-likeness (QED) is 0.300. The Balaban J connectivity index is 0.000000646. The molecule has 2 aromatic rings. The van der Waals surface area contributed by atoms with Crippen LogP contribution in [0.25, 0.3) is 0 Å². The second-order valence-electron chi connectivity index (χ2n) is 5.84. The first-order valence-corrected chi connectivity index (χ1v) is 8.61. The van der Waals surface area contributed by atoms with E-state index in [4.69, 9.17) is 25.7 Å². The van der Waals surface area contributed by atoms with Crippen molar-refractivity contribution in [1.29, 1.82) is 0 Å². The fraction of sp³-hybridized carbons (Fsp3) is 0.286. The number of ether oxygens (including phenoxy) is 3. The minimum atomic E-state index is 0.564. The maximum Gasteiger partial charge on any atom is 0.145 e. The zero-order chi connectivity index (χ0) is 20.1. The number of nitrogen functional groups attached to an aromatic ring is 2. The monoisotopic (exact) mass is 372 g/mol. The van der Waals surface area contributed by atoms with Crippen LogP contribution >= 0.6 is 0 Å². The van der Waals surface area contributed by atoms with Gasteiger partial charge in [-0.15, -0.1) is 0 Å². The van der Waals surface area contributed by atoms with Gasteiger partial charge in [0.1, 0.15) is 23.5 Å². The van der Waals surface area contributed by atoms with Gasteiger partial charge < -0.3 is 25.7 Å². The van der Waals surface area contributed by atoms with Crippen molar-refractivity contribution < 1.29 is 19.0 Å². The van der Waals surface area contributed by atoms with Crippen LogP contribution in [0.2, 0.25) is 0 Å². The summed E-state index contributed by atoms with van der Waals surface area (Å²) in [5.41, 5.74) is 13.2. The molecule has 4 N–H and O–H groups in total. The summed E-state index contributed by atoms with van der Waals surface area (Å²) >= 11 is 0. The number of rotatable bonds is 9. The normalized spacial score (nSPS) is 9.56. The number of nitrogens with two attached hydrogens (primary N) is 2. The van der Waals surface area contributed by atoms with Crippen LogP contribution in [0.5, 0.6) is 17.2 Å². The second kappa shape index (κ2) is 12.2. The number of aldehydes is 1. The van der Waals surface area contributed by atoms with Crippen molar-refractivity contribution >= 4 is 17.7 Å². The molecule has 0 amide bonds. The van der Waals surface area contributed by atoms with Crippen LogP contribution in [-0.2, 0) is 4.79 Å². The second-order valence-corrected chi connectivity index (χ2v) is 5.84. The lowest BCUT2D eigenvalue weighted by atomic mass is 10.2. The zero-order valence-electron chi connectivity index (χ0n) is 15.9. The molecule has 0 radical (unpaired) electrons. The van der Waals surface area contributed by atoms with Crippen molar-refractivity contribution in [3.05, 3.63) is 54.6 Å². The molecule has 0 fully saturated rings. The smallest absolute Gasteiger partial charge is 0.145 e. The van der Waals surface area contributed by atoms with Gasteiger partial charge in [0.2, 0.25) is 0 Å². The maximum atomic E-state index is 9.41. The van der Waals surface area contributed by atoms with Gasteiger partial charge in [-0.1, -0.05) is 6.58 Å². The van der Waals surface area contributed by atoms with E-state index in [1.165, 1.54) is 0 Å². The molecule has 0 aromatic heterocycles. The van der Waals surface area contributed by atoms with Crippen LogP contribution in [0.1, 0.15) is 19.8 Å². The molecule has 6 heteroatoms. The number of unbranched alkanes of at least 4 members (excludes halogenated alkanes) is 1. The van der Waals surface area contributed by atoms with E-state index in [0.717, 1.165) is 30.6 Å². The SMILES string of the molecule is C=C(C)C=O.COc1ccc(OCCCCOc2ccc(N)cc2N)cc1. The van der Waals surface area contributed by atoms with Gasteiger partial charge in [-0.2, -0.15) is 0 Å². The topological polar surface area (TPSA) is 96.8 Å². The van der Waals surface area contributed by atoms with Crippen LogP contribution in [0.3, 0.4) is 0 Å². The Kier molecular flexibility index (Phi) is 9.93. The highest BCUT2D eigenvalue weighted by molar-refractivity contribution is 5.70. The van der Waals surface area contributed by atoms with Gasteiger partial charge in [-0.3, -0.25) is 4.79 Å². The summed E-state index contributed by atoms with van der Waals surface area (Å²) in [7, 11) is 1.64. The minimum absolute atomic E-state index is 0.564. The Bertz CT molecular complexity index is 715. The van der Waals surface area contributed by atoms with Crippen molar-refractivity contribution in [2.24, 2.45) is 0 Å². The average molecular weight is 372 g/mol. The molecule has 146 valence electrons. The summed E-state index contributed by atoms with van der Waals surface area (Å²) in [6.45, 7) is 6.21. The summed E-state index contributed by atoms with van der Waals surface area (Å²) in [6.07, 6.45) is 2.51. The summed E-state index contributed by atoms with van der Waals surface area (Å²) in [5, 5.41) is 0. The Labute approximate surface area is 160 Å². The van der Waals surface area contributed by atoms with Crippen LogP contribution in [0.15, 0.2) is 54.6 Å². The predicted octanol–water partition coefficient (Wildman–Crippen LogP) is 3.86. The van der Waals surface area contributed by atoms with Gasteiger partial charge in [-0.05, 0) is 67.8 Å². The lowest BCUT2D eigenvalue weighted by molar-refractivity contribution is -0.104. The van der Waals surface area contributed by atoms with Crippen molar-refractivity contribution in [1.82, 2.24) is 0 Å². The molecular formula is C21H28N2O4. The molecule has 2 aromatic carbocycles. The lowest BCUT2D eigenvalue weighted by Crippen LogP contribution is -2.04. The molecule has 27 heavy (non-hydrogen) atoms. The summed E-state index contributed by atoms with van der Waals surface area (Å²) < 4.78 is 16.4. The highest BCUT2D eigenvalue weighted by Crippen LogP contribution is 2.23. The fourth-order valence-corrected chi connectivity index (χ4v) is 1.95. The van der Waals surface area contributed by atoms with Gasteiger partial charge in [0, 0.05) is 5.69 Å². The van der Waals surface area contributed by atoms with E-state index >= 15 is 0 Å². The molecule has 0 aliphatic heterocycles. The van der Waals surface area contributed by atoms with E-state index in [0.29, 0.717) is 35.9 Å². The van der Waals surface area contributed by atoms with Crippen LogP contribution < -0.4 is 25.7 Å². The summed E-state index contributed by atoms with van der Waals surface area (Å²) in [5.74, 6) is 2.33. The van der Waals surface area contributed by atoms with Crippen LogP contribution in [0, 0.1) is 0 Å². The van der Waals surface area contributed by atoms with E-state index in [2.05, 4.69) is 6.58 Å². The highest BCUT2D eigenvalue weighted by Gasteiger charge is 2.01. The number of methoxy groups -OCH3 is 1. The van der Waals surface area contributed by atoms with Gasteiger partial charge in [0.25, 0.3) is 0 Å². The first kappa shape index (κ1) is 21.9. The van der Waals surface area contributed by atoms with Crippen molar-refractivity contribution in [2.75, 3.05) is 31.8 Å². The molecule has 0 spiro atoms. The Morgan fingerprint density at radius 3 is 2.07 bits per heavy atom. The summed E-state index contributed by atoms with van der Waals surface area (Å²) in [4.78, 5) is 9.41. The molecule has 2 rings (SSSR count). The molecule has 0 saturated carbocycles. The molecule has 0 heterocycles. The molecule has 0 saturated heterocycles. The molecule has 0 unspecified atom stereocenters. The van der Waals surface area contributed by atoms with Gasteiger partial charge in [0.15, 0.2) is 0 Å². The Hall–Kier alpha value is -3.15. The van der Waals surface area contributed by atoms with Crippen molar-refractivity contribution in [2.45, 2.75) is 19.8 Å². The Morgan fingerprint density at radius 2 is 1.56 bits per heavy atom. The van der Waals surface area contributed by atoms with Gasteiger partial charge in [0.05, 0.1) is 26.0 Å². The van der Waals surface area contributed by atoms with E-state index in [1.54, 1.807) is 32.2 Å². The molecule has 0 bridgehead atoms. The molecular weight excluding hydrogens is 344 g/mol. The van der Waals surface area contributed by atoms with Crippen LogP contribution in [-0.4, -0.2) is 26.6 Å². The third kappa shape index (κ3) is 9.21. The van der Waals surface area contributed by atoms with Gasteiger partial charge >= 0.3 is 0 Å². The third-order valence-corrected chi connectivity index (χ3v) is 3.36. The van der Waals surface area contributed by atoms with E-state index in [1.807, 2.05) is 24.3 Å². The number of carbonyl (C=O) groups excluding carboxylic acids is 1. The van der Waals surface area contributed by atoms with E-state index in [-0.39, 0.29) is 0 Å². The standard InChI is InChI=1S/C17H22N2O3.C4H6O/c1-20-14-5-7-15(8-6-14)21-10-2-3-11-22-17-9-4-13(18)12-16(17)19;1-4(2)3-5/h4-9,12H,2-3,10-11,18-19H2,1H3;3H,1H2,2H3. The summed E-state index contributed by atoms with van der Waals surface area (Å²) in [6, 6.07) is 12.8. The van der Waals surface area contributed by atoms with E-state index < -0.39 is 0 Å². The highest BCUT2D eigenvalue weighted by atomic mass is 16.5. The van der Waals surface area contributed by atoms with Crippen LogP contribution in [0.4, 0.5) is 11.4 Å². The van der Waals surface area contributed by atoms with Crippen molar-refractivity contribution in [3.63, 3.8) is 0 Å². The molecule has 0 aliphatic carbocycles. The van der Waals surface area contributed by atoms with E-state index in [9.17, 15) is 4.79 Å². The number of anilines is 2. The zero-order valence-corrected chi connectivity index (χ0v) is 15.9. The lowest BCUT2D eigenvalue weighted by Gasteiger charge is -2.10. The predicted molar refractivity (Wildman–Crippen MR) is 109 cm³/mol. The van der Waals surface area contributed by atoms with Gasteiger partial charge in [-0.25, -0.2) is 0 Å². The Morgan fingerprint density at radius 1 is 1.00 bits per heavy atom. The largest absolute Gasteiger partial charge is 0.497 e. The number of carbonyl (C=O) groups is 1. The molecule has 0 atom stereocenters. The average Bonchev–Trinajstić information content (AvgIpc) is 2.67. The first-order chi connectivity index (χ1) is 13.0. The fourth-order valence-electron chi connectivity index (χ4n) is 1.95. The minimum Gasteiger partial charge on any atom is -0.497 e. The number of benzene rings is 2. The first-order valence-electron chi connectivity index (χ1n) is 8.61. The maximum absolute atomic E-state index is 9.41. The molecule has 0 aliphatic rings. The number of hydrogen-bond acceptors (Lipinski definition) is 6.